The maximum absolute atomic E-state index is 10.7. The first kappa shape index (κ1) is 17.9. The molecule has 0 aromatic heterocycles. The highest BCUT2D eigenvalue weighted by atomic mass is 16.5. The number of allylic oxidation sites excluding steroid dienone is 2. The Kier molecular flexibility index (Phi) is 12.5. The van der Waals surface area contributed by atoms with Crippen molar-refractivity contribution in [3.63, 3.8) is 0 Å². The molecule has 0 aliphatic rings. The molecule has 110 valence electrons. The number of esters is 1. The van der Waals surface area contributed by atoms with Gasteiger partial charge in [-0.1, -0.05) is 44.8 Å². The molecule has 1 unspecified atom stereocenters. The molecule has 0 saturated heterocycles. The summed E-state index contributed by atoms with van der Waals surface area (Å²) in [6.07, 6.45) is 14.6. The van der Waals surface area contributed by atoms with Crippen molar-refractivity contribution in [2.24, 2.45) is 0 Å². The predicted molar refractivity (Wildman–Crippen MR) is 78.0 cm³/mol. The van der Waals surface area contributed by atoms with E-state index in [0.717, 1.165) is 25.5 Å². The third-order valence-corrected chi connectivity index (χ3v) is 2.97. The first-order chi connectivity index (χ1) is 9.20. The summed E-state index contributed by atoms with van der Waals surface area (Å²) in [4.78, 5) is 21.4. The number of hydrogen-bond acceptors (Lipinski definition) is 3. The Hall–Kier alpha value is -1.12. The Labute approximate surface area is 117 Å². The van der Waals surface area contributed by atoms with Crippen molar-refractivity contribution in [1.82, 2.24) is 0 Å². The van der Waals surface area contributed by atoms with Gasteiger partial charge in [-0.25, -0.2) is 0 Å². The molecule has 0 aliphatic carbocycles. The van der Waals surface area contributed by atoms with Gasteiger partial charge in [0.1, 0.15) is 0 Å². The van der Waals surface area contributed by atoms with E-state index in [1.807, 2.05) is 0 Å². The summed E-state index contributed by atoms with van der Waals surface area (Å²) in [5.41, 5.74) is 0. The number of ether oxygens (including phenoxy) is 1. The van der Waals surface area contributed by atoms with Gasteiger partial charge in [0.25, 0.3) is 0 Å². The van der Waals surface area contributed by atoms with Gasteiger partial charge in [0.2, 0.25) is 0 Å². The fourth-order valence-corrected chi connectivity index (χ4v) is 1.89. The smallest absolute Gasteiger partial charge is 0.303 e. The van der Waals surface area contributed by atoms with Crippen LogP contribution in [0.4, 0.5) is 0 Å². The lowest BCUT2D eigenvalue weighted by atomic mass is 10.1. The molecule has 0 aromatic rings. The van der Waals surface area contributed by atoms with Crippen molar-refractivity contribution < 1.29 is 14.3 Å². The average molecular weight is 268 g/mol. The molecule has 0 saturated carbocycles. The molecule has 0 radical (unpaired) electrons. The predicted octanol–water partition coefficient (Wildman–Crippen LogP) is 4.20. The van der Waals surface area contributed by atoms with Crippen LogP contribution in [0.5, 0.6) is 0 Å². The van der Waals surface area contributed by atoms with Crippen LogP contribution in [0.15, 0.2) is 12.2 Å². The van der Waals surface area contributed by atoms with Crippen molar-refractivity contribution >= 4 is 12.3 Å². The molecule has 0 amide bonds. The van der Waals surface area contributed by atoms with Gasteiger partial charge < -0.3 is 4.74 Å². The molecule has 0 spiro atoms. The first-order valence-corrected chi connectivity index (χ1v) is 7.48. The zero-order valence-electron chi connectivity index (χ0n) is 12.4. The van der Waals surface area contributed by atoms with Gasteiger partial charge in [0.05, 0.1) is 0 Å². The van der Waals surface area contributed by atoms with E-state index < -0.39 is 6.10 Å². The first-order valence-electron chi connectivity index (χ1n) is 7.48. The Morgan fingerprint density at radius 3 is 2.26 bits per heavy atom. The lowest BCUT2D eigenvalue weighted by Gasteiger charge is -2.09. The molecule has 1 atom stereocenters. The number of unbranched alkanes of at least 4 members (excludes halogenated alkanes) is 6. The van der Waals surface area contributed by atoms with Gasteiger partial charge in [-0.3, -0.25) is 9.59 Å². The molecule has 3 heteroatoms. The third-order valence-electron chi connectivity index (χ3n) is 2.97. The van der Waals surface area contributed by atoms with E-state index in [1.54, 1.807) is 0 Å². The fourth-order valence-electron chi connectivity index (χ4n) is 1.89. The van der Waals surface area contributed by atoms with Crippen molar-refractivity contribution in [3.05, 3.63) is 12.2 Å². The zero-order chi connectivity index (χ0) is 14.3. The maximum Gasteiger partial charge on any atom is 0.303 e. The molecule has 19 heavy (non-hydrogen) atoms. The molecular weight excluding hydrogens is 240 g/mol. The lowest BCUT2D eigenvalue weighted by Crippen LogP contribution is -2.17. The summed E-state index contributed by atoms with van der Waals surface area (Å²) in [5, 5.41) is 0. The van der Waals surface area contributed by atoms with Gasteiger partial charge >= 0.3 is 5.97 Å². The van der Waals surface area contributed by atoms with Crippen molar-refractivity contribution in [1.29, 1.82) is 0 Å². The molecular formula is C16H28O3. The highest BCUT2D eigenvalue weighted by Gasteiger charge is 2.09. The summed E-state index contributed by atoms with van der Waals surface area (Å²) >= 11 is 0. The Balaban J connectivity index is 3.36. The number of carbonyl (C=O) groups is 2. The summed E-state index contributed by atoms with van der Waals surface area (Å²) in [5.74, 6) is -0.380. The summed E-state index contributed by atoms with van der Waals surface area (Å²) < 4.78 is 4.86. The molecule has 3 nitrogen and oxygen atoms in total. The van der Waals surface area contributed by atoms with Gasteiger partial charge in [-0.2, -0.15) is 0 Å². The minimum atomic E-state index is -0.550. The normalized spacial score (nSPS) is 12.5. The van der Waals surface area contributed by atoms with Gasteiger partial charge in [0.15, 0.2) is 12.4 Å². The van der Waals surface area contributed by atoms with Crippen LogP contribution in [0.2, 0.25) is 0 Å². The zero-order valence-corrected chi connectivity index (χ0v) is 12.4. The van der Waals surface area contributed by atoms with Crippen molar-refractivity contribution in [2.75, 3.05) is 0 Å². The molecule has 0 N–H and O–H groups in total. The van der Waals surface area contributed by atoms with E-state index in [2.05, 4.69) is 19.1 Å². The Bertz CT molecular complexity index is 259. The molecule has 0 bridgehead atoms. The van der Waals surface area contributed by atoms with Crippen molar-refractivity contribution in [3.8, 4) is 0 Å². The molecule has 0 fully saturated rings. The van der Waals surface area contributed by atoms with Crippen LogP contribution >= 0.6 is 0 Å². The number of carbonyl (C=O) groups excluding carboxylic acids is 2. The summed E-state index contributed by atoms with van der Waals surface area (Å²) in [6.45, 7) is 3.54. The van der Waals surface area contributed by atoms with Gasteiger partial charge in [-0.05, 0) is 32.1 Å². The molecule has 0 aliphatic heterocycles. The van der Waals surface area contributed by atoms with Crippen LogP contribution in [-0.2, 0) is 14.3 Å². The minimum Gasteiger partial charge on any atom is -0.455 e. The summed E-state index contributed by atoms with van der Waals surface area (Å²) in [7, 11) is 0. The number of rotatable bonds is 12. The van der Waals surface area contributed by atoms with Gasteiger partial charge in [-0.15, -0.1) is 0 Å². The lowest BCUT2D eigenvalue weighted by molar-refractivity contribution is -0.149. The fraction of sp³-hybridized carbons (Fsp3) is 0.750. The third kappa shape index (κ3) is 13.1. The quantitative estimate of drug-likeness (QED) is 0.230. The van der Waals surface area contributed by atoms with E-state index in [-0.39, 0.29) is 5.97 Å². The largest absolute Gasteiger partial charge is 0.455 e. The van der Waals surface area contributed by atoms with E-state index in [9.17, 15) is 9.59 Å². The Morgan fingerprint density at radius 1 is 1.05 bits per heavy atom. The highest BCUT2D eigenvalue weighted by Crippen LogP contribution is 2.09. The van der Waals surface area contributed by atoms with E-state index >= 15 is 0 Å². The molecule has 0 rings (SSSR count). The SMILES string of the molecule is CCCC/C=C\CCCCCCC(C=O)OC(C)=O. The van der Waals surface area contributed by atoms with E-state index in [0.29, 0.717) is 6.42 Å². The second kappa shape index (κ2) is 13.3. The van der Waals surface area contributed by atoms with Crippen LogP contribution < -0.4 is 0 Å². The van der Waals surface area contributed by atoms with Crippen LogP contribution in [0, 0.1) is 0 Å². The van der Waals surface area contributed by atoms with Crippen LogP contribution in [-0.4, -0.2) is 18.4 Å². The second-order valence-electron chi connectivity index (χ2n) is 4.89. The van der Waals surface area contributed by atoms with Crippen LogP contribution in [0.3, 0.4) is 0 Å². The van der Waals surface area contributed by atoms with Crippen LogP contribution in [0.25, 0.3) is 0 Å². The average Bonchev–Trinajstić information content (AvgIpc) is 2.39. The second-order valence-corrected chi connectivity index (χ2v) is 4.89. The van der Waals surface area contributed by atoms with Crippen molar-refractivity contribution in [2.45, 2.75) is 77.7 Å². The molecule has 0 heterocycles. The molecule has 0 aromatic carbocycles. The minimum absolute atomic E-state index is 0.380. The maximum atomic E-state index is 10.7. The van der Waals surface area contributed by atoms with E-state index in [1.165, 1.54) is 39.0 Å². The van der Waals surface area contributed by atoms with Crippen LogP contribution in [0.1, 0.15) is 71.6 Å². The standard InChI is InChI=1S/C16H28O3/c1-3-4-5-6-7-8-9-10-11-12-13-16(14-17)19-15(2)18/h6-7,14,16H,3-5,8-13H2,1-2H3/b7-6-. The monoisotopic (exact) mass is 268 g/mol. The number of aldehydes is 1. The van der Waals surface area contributed by atoms with E-state index in [4.69, 9.17) is 4.74 Å². The summed E-state index contributed by atoms with van der Waals surface area (Å²) in [6, 6.07) is 0. The van der Waals surface area contributed by atoms with Gasteiger partial charge in [0, 0.05) is 6.92 Å². The Morgan fingerprint density at radius 2 is 1.68 bits per heavy atom. The highest BCUT2D eigenvalue weighted by molar-refractivity contribution is 5.69. The number of hydrogen-bond donors (Lipinski definition) is 0. The topological polar surface area (TPSA) is 43.4 Å².